The highest BCUT2D eigenvalue weighted by atomic mass is 16.6. The van der Waals surface area contributed by atoms with Crippen LogP contribution in [0.3, 0.4) is 0 Å². The Balaban J connectivity index is 1.81. The quantitative estimate of drug-likeness (QED) is 0.560. The summed E-state index contributed by atoms with van der Waals surface area (Å²) in [6.07, 6.45) is 8.92. The second kappa shape index (κ2) is 7.15. The monoisotopic (exact) mass is 318 g/mol. The van der Waals surface area contributed by atoms with Crippen LogP contribution in [0.1, 0.15) is 11.1 Å². The van der Waals surface area contributed by atoms with Crippen LogP contribution in [-0.4, -0.2) is 14.9 Å². The summed E-state index contributed by atoms with van der Waals surface area (Å²) in [6, 6.07) is 14.3. The van der Waals surface area contributed by atoms with Gasteiger partial charge in [-0.1, -0.05) is 30.4 Å². The fraction of sp³-hybridized carbons (Fsp3) is 0. The molecule has 0 radical (unpaired) electrons. The van der Waals surface area contributed by atoms with Crippen LogP contribution in [0.15, 0.2) is 67.1 Å². The van der Waals surface area contributed by atoms with Crippen LogP contribution in [0.2, 0.25) is 0 Å². The van der Waals surface area contributed by atoms with E-state index in [9.17, 15) is 10.1 Å². The minimum absolute atomic E-state index is 0.0613. The van der Waals surface area contributed by atoms with Gasteiger partial charge < -0.3 is 5.32 Å². The van der Waals surface area contributed by atoms with E-state index >= 15 is 0 Å². The summed E-state index contributed by atoms with van der Waals surface area (Å²) in [5, 5.41) is 14.0. The molecule has 1 N–H and O–H groups in total. The molecule has 0 aliphatic rings. The average Bonchev–Trinajstić information content (AvgIpc) is 2.61. The molecule has 1 aromatic carbocycles. The van der Waals surface area contributed by atoms with E-state index in [1.807, 2.05) is 48.6 Å². The molecule has 0 unspecified atom stereocenters. The molecule has 0 amide bonds. The van der Waals surface area contributed by atoms with Crippen LogP contribution >= 0.6 is 0 Å². The van der Waals surface area contributed by atoms with Gasteiger partial charge in [0.05, 0.1) is 4.92 Å². The first-order valence-electron chi connectivity index (χ1n) is 7.27. The summed E-state index contributed by atoms with van der Waals surface area (Å²) >= 11 is 0. The predicted octanol–water partition coefficient (Wildman–Crippen LogP) is 4.30. The fourth-order valence-corrected chi connectivity index (χ4v) is 2.16. The van der Waals surface area contributed by atoms with Gasteiger partial charge in [-0.2, -0.15) is 0 Å². The lowest BCUT2D eigenvalue weighted by Crippen LogP contribution is -1.99. The van der Waals surface area contributed by atoms with Crippen molar-refractivity contribution in [3.05, 3.63) is 88.4 Å². The van der Waals surface area contributed by atoms with E-state index in [-0.39, 0.29) is 11.5 Å². The average molecular weight is 318 g/mol. The summed E-state index contributed by atoms with van der Waals surface area (Å²) in [6.45, 7) is 0. The van der Waals surface area contributed by atoms with Crippen molar-refractivity contribution in [2.24, 2.45) is 0 Å². The number of anilines is 2. The lowest BCUT2D eigenvalue weighted by atomic mass is 10.1. The maximum Gasteiger partial charge on any atom is 0.311 e. The molecule has 0 saturated carbocycles. The second-order valence-electron chi connectivity index (χ2n) is 5.00. The highest BCUT2D eigenvalue weighted by Gasteiger charge is 2.13. The molecular formula is C18H14N4O2. The van der Waals surface area contributed by atoms with E-state index in [0.717, 1.165) is 16.8 Å². The SMILES string of the molecule is O=[N+]([O-])c1cccnc1Nc1cccc(C=Cc2cccnc2)c1. The molecule has 0 spiro atoms. The van der Waals surface area contributed by atoms with Crippen LogP contribution in [-0.2, 0) is 0 Å². The van der Waals surface area contributed by atoms with E-state index in [2.05, 4.69) is 15.3 Å². The van der Waals surface area contributed by atoms with E-state index in [0.29, 0.717) is 0 Å². The fourth-order valence-electron chi connectivity index (χ4n) is 2.16. The number of benzene rings is 1. The van der Waals surface area contributed by atoms with Gasteiger partial charge in [-0.05, 0) is 35.4 Å². The van der Waals surface area contributed by atoms with Crippen LogP contribution in [0.5, 0.6) is 0 Å². The summed E-state index contributed by atoms with van der Waals surface area (Å²) in [5.41, 5.74) is 2.62. The van der Waals surface area contributed by atoms with Crippen molar-refractivity contribution in [1.29, 1.82) is 0 Å². The molecule has 0 fully saturated rings. The molecule has 3 aromatic rings. The highest BCUT2D eigenvalue weighted by Crippen LogP contribution is 2.25. The van der Waals surface area contributed by atoms with Crippen LogP contribution in [0.25, 0.3) is 12.2 Å². The second-order valence-corrected chi connectivity index (χ2v) is 5.00. The minimum atomic E-state index is -0.457. The number of nitrogens with one attached hydrogen (secondary N) is 1. The smallest absolute Gasteiger partial charge is 0.311 e. The van der Waals surface area contributed by atoms with Gasteiger partial charge in [0.15, 0.2) is 0 Å². The van der Waals surface area contributed by atoms with Crippen molar-refractivity contribution in [1.82, 2.24) is 9.97 Å². The van der Waals surface area contributed by atoms with Gasteiger partial charge in [-0.25, -0.2) is 4.98 Å². The number of pyridine rings is 2. The van der Waals surface area contributed by atoms with Gasteiger partial charge in [0.2, 0.25) is 5.82 Å². The van der Waals surface area contributed by atoms with Crippen molar-refractivity contribution < 1.29 is 4.92 Å². The van der Waals surface area contributed by atoms with E-state index in [1.165, 1.54) is 18.3 Å². The molecule has 0 atom stereocenters. The molecule has 0 bridgehead atoms. The summed E-state index contributed by atoms with van der Waals surface area (Å²) in [4.78, 5) is 18.7. The van der Waals surface area contributed by atoms with Gasteiger partial charge in [-0.3, -0.25) is 15.1 Å². The maximum atomic E-state index is 11.0. The summed E-state index contributed by atoms with van der Waals surface area (Å²) in [7, 11) is 0. The zero-order valence-corrected chi connectivity index (χ0v) is 12.7. The Bertz CT molecular complexity index is 879. The molecule has 3 rings (SSSR count). The van der Waals surface area contributed by atoms with Gasteiger partial charge in [0, 0.05) is 30.3 Å². The van der Waals surface area contributed by atoms with Crippen molar-refractivity contribution in [3.8, 4) is 0 Å². The first-order valence-corrected chi connectivity index (χ1v) is 7.27. The number of nitrogens with zero attached hydrogens (tertiary/aromatic N) is 3. The Morgan fingerprint density at radius 1 is 1.00 bits per heavy atom. The third-order valence-electron chi connectivity index (χ3n) is 3.29. The lowest BCUT2D eigenvalue weighted by Gasteiger charge is -2.06. The normalized spacial score (nSPS) is 10.7. The largest absolute Gasteiger partial charge is 0.334 e. The topological polar surface area (TPSA) is 81.0 Å². The molecule has 0 aliphatic heterocycles. The van der Waals surface area contributed by atoms with Crippen molar-refractivity contribution in [2.45, 2.75) is 0 Å². The zero-order valence-electron chi connectivity index (χ0n) is 12.7. The standard InChI is InChI=1S/C18H14N4O2/c23-22(24)17-7-3-11-20-18(17)21-16-6-1-4-14(12-16)8-9-15-5-2-10-19-13-15/h1-13H,(H,20,21). The summed E-state index contributed by atoms with van der Waals surface area (Å²) in [5.74, 6) is 0.218. The molecule has 6 nitrogen and oxygen atoms in total. The predicted molar refractivity (Wildman–Crippen MR) is 93.8 cm³/mol. The molecule has 24 heavy (non-hydrogen) atoms. The van der Waals surface area contributed by atoms with Gasteiger partial charge in [0.1, 0.15) is 0 Å². The molecule has 2 aromatic heterocycles. The highest BCUT2D eigenvalue weighted by molar-refractivity contribution is 5.73. The molecule has 2 heterocycles. The van der Waals surface area contributed by atoms with Crippen LogP contribution in [0.4, 0.5) is 17.2 Å². The lowest BCUT2D eigenvalue weighted by molar-refractivity contribution is -0.384. The first kappa shape index (κ1) is 15.4. The Hall–Kier alpha value is -3.54. The Morgan fingerprint density at radius 2 is 1.79 bits per heavy atom. The van der Waals surface area contributed by atoms with Crippen LogP contribution in [0, 0.1) is 10.1 Å². The number of hydrogen-bond donors (Lipinski definition) is 1. The molecule has 6 heteroatoms. The minimum Gasteiger partial charge on any atom is -0.334 e. The summed E-state index contributed by atoms with van der Waals surface area (Å²) < 4.78 is 0. The van der Waals surface area contributed by atoms with Crippen molar-refractivity contribution >= 4 is 29.3 Å². The van der Waals surface area contributed by atoms with Gasteiger partial charge in [-0.15, -0.1) is 0 Å². The number of aromatic nitrogens is 2. The Morgan fingerprint density at radius 3 is 2.58 bits per heavy atom. The van der Waals surface area contributed by atoms with Crippen molar-refractivity contribution in [3.63, 3.8) is 0 Å². The first-order chi connectivity index (χ1) is 11.7. The van der Waals surface area contributed by atoms with E-state index in [1.54, 1.807) is 12.4 Å². The van der Waals surface area contributed by atoms with Crippen LogP contribution < -0.4 is 5.32 Å². The molecular weight excluding hydrogens is 304 g/mol. The molecule has 118 valence electrons. The third kappa shape index (κ3) is 3.80. The van der Waals surface area contributed by atoms with Gasteiger partial charge in [0.25, 0.3) is 0 Å². The number of nitro groups is 1. The maximum absolute atomic E-state index is 11.0. The number of rotatable bonds is 5. The third-order valence-corrected chi connectivity index (χ3v) is 3.29. The Labute approximate surface area is 138 Å². The number of hydrogen-bond acceptors (Lipinski definition) is 5. The van der Waals surface area contributed by atoms with E-state index < -0.39 is 4.92 Å². The van der Waals surface area contributed by atoms with E-state index in [4.69, 9.17) is 0 Å². The molecule has 0 aliphatic carbocycles. The van der Waals surface area contributed by atoms with Gasteiger partial charge >= 0.3 is 5.69 Å². The van der Waals surface area contributed by atoms with Crippen molar-refractivity contribution in [2.75, 3.05) is 5.32 Å². The molecule has 0 saturated heterocycles. The Kier molecular flexibility index (Phi) is 4.57. The zero-order chi connectivity index (χ0) is 16.8.